The van der Waals surface area contributed by atoms with Gasteiger partial charge in [0.25, 0.3) is 10.1 Å². The number of hydrogen-bond donors (Lipinski definition) is 4. The van der Waals surface area contributed by atoms with E-state index in [-0.39, 0.29) is 23.4 Å². The maximum absolute atomic E-state index is 11.9. The lowest BCUT2D eigenvalue weighted by Crippen LogP contribution is -2.21. The highest BCUT2D eigenvalue weighted by Gasteiger charge is 2.19. The second-order valence-corrected chi connectivity index (χ2v) is 18.1. The van der Waals surface area contributed by atoms with Crippen LogP contribution in [0.3, 0.4) is 0 Å². The molecule has 0 saturated heterocycles. The first-order valence-electron chi connectivity index (χ1n) is 19.8. The fourth-order valence-corrected chi connectivity index (χ4v) is 9.75. The maximum Gasteiger partial charge on any atom is 0.294 e. The second kappa shape index (κ2) is 19.6. The van der Waals surface area contributed by atoms with Crippen LogP contribution >= 0.6 is 34.4 Å². The molecule has 0 atom stereocenters. The first-order valence-corrected chi connectivity index (χ1v) is 23.9. The van der Waals surface area contributed by atoms with Crippen molar-refractivity contribution in [3.8, 4) is 0 Å². The number of aromatic nitrogens is 5. The van der Waals surface area contributed by atoms with Gasteiger partial charge in [0.2, 0.25) is 22.2 Å². The summed E-state index contributed by atoms with van der Waals surface area (Å²) in [6, 6.07) is 20.4. The van der Waals surface area contributed by atoms with E-state index < -0.39 is 10.1 Å². The zero-order chi connectivity index (χ0) is 44.0. The molecule has 4 N–H and O–H groups in total. The Morgan fingerprint density at radius 3 is 1.71 bits per heavy atom. The Morgan fingerprint density at radius 2 is 1.21 bits per heavy atom. The summed E-state index contributed by atoms with van der Waals surface area (Å²) in [5, 5.41) is 35.8. The van der Waals surface area contributed by atoms with Crippen LogP contribution in [0.1, 0.15) is 38.8 Å². The number of anilines is 6. The van der Waals surface area contributed by atoms with Crippen molar-refractivity contribution in [1.29, 1.82) is 0 Å². The number of thioether (sulfide) groups is 1. The molecule has 7 aromatic rings. The van der Waals surface area contributed by atoms with Crippen LogP contribution < -0.4 is 20.4 Å². The molecule has 7 rings (SSSR count). The van der Waals surface area contributed by atoms with Gasteiger partial charge in [-0.15, -0.1) is 20.5 Å². The second-order valence-electron chi connectivity index (χ2n) is 13.7. The van der Waals surface area contributed by atoms with Gasteiger partial charge in [0.15, 0.2) is 5.16 Å². The lowest BCUT2D eigenvalue weighted by atomic mass is 10.2. The lowest BCUT2D eigenvalue weighted by Gasteiger charge is -2.22. The molecule has 3 heterocycles. The molecule has 0 aliphatic carbocycles. The average molecular weight is 912 g/mol. The molecule has 21 heteroatoms. The minimum Gasteiger partial charge on any atom is -0.396 e. The minimum atomic E-state index is -4.42. The van der Waals surface area contributed by atoms with E-state index in [9.17, 15) is 18.1 Å². The third kappa shape index (κ3) is 10.1. The topological polar surface area (TPSA) is 219 Å². The number of nitrogens with zero attached hydrogens (tertiary/aromatic N) is 11. The molecule has 0 unspecified atom stereocenters. The Labute approximate surface area is 371 Å². The van der Waals surface area contributed by atoms with E-state index in [0.717, 1.165) is 64.7 Å². The number of benzene rings is 4. The maximum atomic E-state index is 11.9. The highest BCUT2D eigenvalue weighted by molar-refractivity contribution is 7.99. The van der Waals surface area contributed by atoms with E-state index in [1.54, 1.807) is 6.92 Å². The van der Waals surface area contributed by atoms with Crippen molar-refractivity contribution in [2.45, 2.75) is 51.6 Å². The quantitative estimate of drug-likeness (QED) is 0.0358. The number of rotatable bonds is 18. The van der Waals surface area contributed by atoms with E-state index >= 15 is 0 Å². The SMILES string of the molecule is CCN(CC)c1ccc(/N=N/c2nc3cccc(C)c3s2)c(Nc2nc(Nc3cc(N(CC)CC)ccc3/N=N/c3nc4ccc(S(=O)(=O)O)c(C)c4s3)nc(SCCO)n2)c1. The first-order chi connectivity index (χ1) is 29.9. The zero-order valence-corrected chi connectivity index (χ0v) is 38.1. The largest absolute Gasteiger partial charge is 0.396 e. The summed E-state index contributed by atoms with van der Waals surface area (Å²) >= 11 is 3.91. The molecule has 0 spiro atoms. The number of aliphatic hydroxyl groups excluding tert-OH is 1. The molecular formula is C41H45N13O4S4. The van der Waals surface area contributed by atoms with Gasteiger partial charge >= 0.3 is 0 Å². The van der Waals surface area contributed by atoms with Crippen LogP contribution in [-0.4, -0.2) is 81.5 Å². The van der Waals surface area contributed by atoms with Crippen LogP contribution in [0.4, 0.5) is 56.3 Å². The van der Waals surface area contributed by atoms with Crippen molar-refractivity contribution in [2.75, 3.05) is 59.0 Å². The molecule has 0 bridgehead atoms. The molecule has 0 radical (unpaired) electrons. The Bertz CT molecular complexity index is 2890. The van der Waals surface area contributed by atoms with Gasteiger partial charge in [-0.05, 0) is 107 Å². The van der Waals surface area contributed by atoms with Crippen molar-refractivity contribution in [3.05, 3.63) is 77.9 Å². The standard InChI is InChI=1S/C41H45N13O4S4/c1-7-53(8-2)26-14-16-28(49-51-40-44-30-13-11-12-24(5)35(30)60-40)32(22-26)42-37-46-38(48-39(47-37)59-21-20-55)43-33-23-27(54(9-3)10-4)15-17-29(33)50-52-41-45-31-18-19-34(62(56,57)58)25(6)36(31)61-41/h11-19,22-23,55H,7-10,20-21H2,1-6H3,(H,56,57,58)(H2,42,43,46,47,48)/b51-49+,52-50+. The summed E-state index contributed by atoms with van der Waals surface area (Å²) in [6.45, 7) is 15.0. The molecule has 17 nitrogen and oxygen atoms in total. The number of thiazole rings is 2. The van der Waals surface area contributed by atoms with Gasteiger partial charge < -0.3 is 25.5 Å². The molecule has 0 aliphatic heterocycles. The fraction of sp³-hybridized carbons (Fsp3) is 0.293. The van der Waals surface area contributed by atoms with Gasteiger partial charge in [-0.1, -0.05) is 46.6 Å². The Hall–Kier alpha value is -5.71. The molecule has 322 valence electrons. The molecule has 0 aliphatic rings. The summed E-state index contributed by atoms with van der Waals surface area (Å²) in [5.41, 5.74) is 6.95. The molecule has 62 heavy (non-hydrogen) atoms. The number of aryl methyl sites for hydroxylation is 2. The Balaban J connectivity index is 1.26. The van der Waals surface area contributed by atoms with Crippen LogP contribution in [0.15, 0.2) is 97.2 Å². The van der Waals surface area contributed by atoms with Crippen LogP contribution in [-0.2, 0) is 10.1 Å². The van der Waals surface area contributed by atoms with E-state index in [1.807, 2.05) is 61.5 Å². The van der Waals surface area contributed by atoms with E-state index in [0.29, 0.717) is 59.7 Å². The molecule has 0 amide bonds. The van der Waals surface area contributed by atoms with Crippen molar-refractivity contribution in [3.63, 3.8) is 0 Å². The van der Waals surface area contributed by atoms with Gasteiger partial charge in [-0.3, -0.25) is 4.55 Å². The summed E-state index contributed by atoms with van der Waals surface area (Å²) in [4.78, 5) is 27.6. The average Bonchev–Trinajstić information content (AvgIpc) is 3.88. The van der Waals surface area contributed by atoms with Crippen molar-refractivity contribution in [1.82, 2.24) is 24.9 Å². The number of hydrogen-bond acceptors (Lipinski definition) is 19. The summed E-state index contributed by atoms with van der Waals surface area (Å²) < 4.78 is 35.2. The van der Waals surface area contributed by atoms with Gasteiger partial charge in [0.05, 0.1) is 43.3 Å². The van der Waals surface area contributed by atoms with E-state index in [4.69, 9.17) is 15.0 Å². The van der Waals surface area contributed by atoms with Gasteiger partial charge in [-0.2, -0.15) is 23.4 Å². The smallest absolute Gasteiger partial charge is 0.294 e. The number of aliphatic hydroxyl groups is 1. The number of fused-ring (bicyclic) bond motifs is 2. The van der Waals surface area contributed by atoms with Crippen LogP contribution in [0, 0.1) is 13.8 Å². The van der Waals surface area contributed by atoms with Crippen LogP contribution in [0.2, 0.25) is 0 Å². The van der Waals surface area contributed by atoms with Crippen molar-refractivity contribution < 1.29 is 18.1 Å². The van der Waals surface area contributed by atoms with Crippen LogP contribution in [0.5, 0.6) is 0 Å². The summed E-state index contributed by atoms with van der Waals surface area (Å²) in [5.74, 6) is 0.785. The van der Waals surface area contributed by atoms with Crippen LogP contribution in [0.25, 0.3) is 20.4 Å². The Kier molecular flexibility index (Phi) is 14.0. The van der Waals surface area contributed by atoms with Gasteiger partial charge in [0, 0.05) is 43.3 Å². The molecule has 0 saturated carbocycles. The summed E-state index contributed by atoms with van der Waals surface area (Å²) in [7, 11) is -4.42. The molecule has 0 fully saturated rings. The lowest BCUT2D eigenvalue weighted by molar-refractivity contribution is 0.322. The number of nitrogens with one attached hydrogen (secondary N) is 2. The Morgan fingerprint density at radius 1 is 0.677 bits per heavy atom. The van der Waals surface area contributed by atoms with Gasteiger partial charge in [-0.25, -0.2) is 9.97 Å². The first kappa shape index (κ1) is 44.3. The van der Waals surface area contributed by atoms with Gasteiger partial charge in [0.1, 0.15) is 11.4 Å². The highest BCUT2D eigenvalue weighted by Crippen LogP contribution is 2.39. The third-order valence-electron chi connectivity index (χ3n) is 9.76. The molecule has 3 aromatic heterocycles. The summed E-state index contributed by atoms with van der Waals surface area (Å²) in [6.07, 6.45) is 0. The monoisotopic (exact) mass is 911 g/mol. The highest BCUT2D eigenvalue weighted by atomic mass is 32.2. The fourth-order valence-electron chi connectivity index (χ4n) is 6.63. The van der Waals surface area contributed by atoms with Crippen molar-refractivity contribution >= 4 is 121 Å². The third-order valence-corrected chi connectivity index (χ3v) is 13.7. The predicted octanol–water partition coefficient (Wildman–Crippen LogP) is 11.0. The van der Waals surface area contributed by atoms with Crippen molar-refractivity contribution in [2.24, 2.45) is 20.5 Å². The zero-order valence-electron chi connectivity index (χ0n) is 34.9. The predicted molar refractivity (Wildman–Crippen MR) is 251 cm³/mol. The van der Waals surface area contributed by atoms with E-state index in [2.05, 4.69) is 78.6 Å². The number of azo groups is 2. The normalized spacial score (nSPS) is 12.0. The molecule has 4 aromatic carbocycles. The molecular weight excluding hydrogens is 867 g/mol. The van der Waals surface area contributed by atoms with E-state index in [1.165, 1.54) is 35.2 Å². The minimum absolute atomic E-state index is 0.0809.